The Morgan fingerprint density at radius 2 is 1.22 bits per heavy atom. The molecular formula is C33H31BO3. The maximum Gasteiger partial charge on any atom is 0.495 e. The molecule has 1 aromatic heterocycles. The second-order valence-corrected chi connectivity index (χ2v) is 12.0. The predicted octanol–water partition coefficient (Wildman–Crippen LogP) is 7.86. The monoisotopic (exact) mass is 486 g/mol. The Morgan fingerprint density at radius 3 is 2.00 bits per heavy atom. The molecule has 0 saturated carbocycles. The van der Waals surface area contributed by atoms with E-state index in [4.69, 9.17) is 13.7 Å². The summed E-state index contributed by atoms with van der Waals surface area (Å²) in [6.07, 6.45) is 0. The summed E-state index contributed by atoms with van der Waals surface area (Å²) in [5.41, 5.74) is 9.56. The van der Waals surface area contributed by atoms with Crippen molar-refractivity contribution in [3.8, 4) is 22.3 Å². The lowest BCUT2D eigenvalue weighted by Gasteiger charge is -2.32. The van der Waals surface area contributed by atoms with Gasteiger partial charge in [0.2, 0.25) is 0 Å². The van der Waals surface area contributed by atoms with Crippen LogP contribution in [0.15, 0.2) is 83.3 Å². The van der Waals surface area contributed by atoms with E-state index in [9.17, 15) is 0 Å². The predicted molar refractivity (Wildman–Crippen MR) is 152 cm³/mol. The fourth-order valence-electron chi connectivity index (χ4n) is 6.23. The van der Waals surface area contributed by atoms with Gasteiger partial charge in [0.05, 0.1) is 11.2 Å². The zero-order chi connectivity index (χ0) is 25.7. The number of hydrogen-bond donors (Lipinski definition) is 0. The van der Waals surface area contributed by atoms with Gasteiger partial charge in [0.25, 0.3) is 0 Å². The Bertz CT molecular complexity index is 1710. The van der Waals surface area contributed by atoms with Gasteiger partial charge in [-0.1, -0.05) is 86.6 Å². The van der Waals surface area contributed by atoms with Crippen molar-refractivity contribution in [3.05, 3.63) is 90.0 Å². The van der Waals surface area contributed by atoms with E-state index in [-0.39, 0.29) is 5.41 Å². The fraction of sp³-hybridized carbons (Fsp3) is 0.273. The van der Waals surface area contributed by atoms with E-state index in [1.165, 1.54) is 27.8 Å². The minimum atomic E-state index is -0.452. The van der Waals surface area contributed by atoms with Crippen LogP contribution in [0.2, 0.25) is 0 Å². The van der Waals surface area contributed by atoms with Crippen LogP contribution in [0.5, 0.6) is 0 Å². The van der Waals surface area contributed by atoms with E-state index in [1.54, 1.807) is 0 Å². The van der Waals surface area contributed by atoms with E-state index >= 15 is 0 Å². The Morgan fingerprint density at radius 1 is 0.595 bits per heavy atom. The van der Waals surface area contributed by atoms with Gasteiger partial charge in [0, 0.05) is 21.8 Å². The molecule has 0 amide bonds. The summed E-state index contributed by atoms with van der Waals surface area (Å²) < 4.78 is 19.5. The van der Waals surface area contributed by atoms with Crippen molar-refractivity contribution in [2.45, 2.75) is 58.2 Å². The molecule has 1 aliphatic heterocycles. The maximum absolute atomic E-state index is 6.63. The van der Waals surface area contributed by atoms with Gasteiger partial charge >= 0.3 is 7.12 Å². The van der Waals surface area contributed by atoms with Crippen LogP contribution < -0.4 is 5.46 Å². The molecule has 0 spiro atoms. The molecular weight excluding hydrogens is 455 g/mol. The number of furan rings is 1. The van der Waals surface area contributed by atoms with E-state index in [1.807, 2.05) is 12.1 Å². The third kappa shape index (κ3) is 3.03. The van der Waals surface area contributed by atoms with Crippen molar-refractivity contribution >= 4 is 34.5 Å². The highest BCUT2D eigenvalue weighted by Crippen LogP contribution is 2.52. The van der Waals surface area contributed by atoms with Gasteiger partial charge in [0.1, 0.15) is 11.2 Å². The van der Waals surface area contributed by atoms with Crippen molar-refractivity contribution in [1.82, 2.24) is 0 Å². The highest BCUT2D eigenvalue weighted by Gasteiger charge is 2.52. The Balaban J connectivity index is 1.47. The Hall–Kier alpha value is -3.34. The summed E-state index contributed by atoms with van der Waals surface area (Å²) >= 11 is 0. The van der Waals surface area contributed by atoms with E-state index in [0.717, 1.165) is 33.0 Å². The van der Waals surface area contributed by atoms with Crippen LogP contribution in [0.1, 0.15) is 52.7 Å². The van der Waals surface area contributed by atoms with Crippen LogP contribution >= 0.6 is 0 Å². The smallest absolute Gasteiger partial charge is 0.455 e. The van der Waals surface area contributed by atoms with Crippen LogP contribution in [-0.4, -0.2) is 18.3 Å². The van der Waals surface area contributed by atoms with Crippen LogP contribution in [-0.2, 0) is 14.7 Å². The maximum atomic E-state index is 6.63. The Kier molecular flexibility index (Phi) is 4.55. The van der Waals surface area contributed by atoms with Gasteiger partial charge in [-0.2, -0.15) is 0 Å². The van der Waals surface area contributed by atoms with Crippen LogP contribution in [0.3, 0.4) is 0 Å². The number of rotatable bonds is 2. The summed E-state index contributed by atoms with van der Waals surface area (Å²) in [5, 5.41) is 2.15. The van der Waals surface area contributed by atoms with Crippen LogP contribution in [0, 0.1) is 0 Å². The topological polar surface area (TPSA) is 31.6 Å². The first-order valence-electron chi connectivity index (χ1n) is 13.1. The fourth-order valence-corrected chi connectivity index (χ4v) is 6.23. The molecule has 184 valence electrons. The molecule has 0 unspecified atom stereocenters. The molecule has 37 heavy (non-hydrogen) atoms. The molecule has 1 aliphatic carbocycles. The average molecular weight is 486 g/mol. The zero-order valence-electron chi connectivity index (χ0n) is 22.3. The summed E-state index contributed by atoms with van der Waals surface area (Å²) in [5.74, 6) is 0. The Labute approximate surface area is 218 Å². The van der Waals surface area contributed by atoms with Crippen LogP contribution in [0.4, 0.5) is 0 Å². The molecule has 0 bridgehead atoms. The average Bonchev–Trinajstić information content (AvgIpc) is 3.44. The molecule has 2 heterocycles. The molecule has 5 aromatic rings. The lowest BCUT2D eigenvalue weighted by atomic mass is 9.76. The van der Waals surface area contributed by atoms with Gasteiger partial charge in [-0.3, -0.25) is 0 Å². The first-order chi connectivity index (χ1) is 17.6. The van der Waals surface area contributed by atoms with E-state index in [2.05, 4.69) is 108 Å². The largest absolute Gasteiger partial charge is 0.495 e. The second-order valence-electron chi connectivity index (χ2n) is 12.0. The normalized spacial score (nSPS) is 18.9. The number of para-hydroxylation sites is 1. The zero-order valence-corrected chi connectivity index (χ0v) is 22.3. The molecule has 1 fully saturated rings. The number of hydrogen-bond acceptors (Lipinski definition) is 3. The van der Waals surface area contributed by atoms with Gasteiger partial charge < -0.3 is 13.7 Å². The van der Waals surface area contributed by atoms with E-state index in [0.29, 0.717) is 0 Å². The standard InChI is InChI=1S/C33H31BO3/c1-31(2)24-16-8-7-12-22(24)28-20(13-10-17-25(28)31)21-14-9-15-23-29-26(18-11-19-27(29)35-30(21)23)34-36-32(3,4)33(5,6)37-34/h7-19H,1-6H3. The first kappa shape index (κ1) is 22.8. The molecule has 0 N–H and O–H groups in total. The summed E-state index contributed by atoms with van der Waals surface area (Å²) in [7, 11) is -0.452. The summed E-state index contributed by atoms with van der Waals surface area (Å²) in [6, 6.07) is 28.1. The first-order valence-corrected chi connectivity index (χ1v) is 13.1. The van der Waals surface area contributed by atoms with Crippen molar-refractivity contribution in [2.75, 3.05) is 0 Å². The minimum absolute atomic E-state index is 0.0480. The molecule has 7 rings (SSSR count). The quantitative estimate of drug-likeness (QED) is 0.238. The minimum Gasteiger partial charge on any atom is -0.455 e. The van der Waals surface area contributed by atoms with Gasteiger partial charge in [-0.25, -0.2) is 0 Å². The molecule has 4 heteroatoms. The van der Waals surface area contributed by atoms with Gasteiger partial charge in [0.15, 0.2) is 0 Å². The second kappa shape index (κ2) is 7.37. The molecule has 4 aromatic carbocycles. The lowest BCUT2D eigenvalue weighted by molar-refractivity contribution is 0.00578. The molecule has 0 radical (unpaired) electrons. The van der Waals surface area contributed by atoms with E-state index < -0.39 is 18.3 Å². The summed E-state index contributed by atoms with van der Waals surface area (Å²) in [4.78, 5) is 0. The number of fused-ring (bicyclic) bond motifs is 6. The van der Waals surface area contributed by atoms with Crippen LogP contribution in [0.25, 0.3) is 44.2 Å². The molecule has 0 atom stereocenters. The highest BCUT2D eigenvalue weighted by molar-refractivity contribution is 6.66. The molecule has 2 aliphatic rings. The van der Waals surface area contributed by atoms with Gasteiger partial charge in [-0.15, -0.1) is 0 Å². The number of benzene rings is 4. The third-order valence-electron chi connectivity index (χ3n) is 8.96. The highest BCUT2D eigenvalue weighted by atomic mass is 16.7. The molecule has 1 saturated heterocycles. The van der Waals surface area contributed by atoms with Crippen molar-refractivity contribution < 1.29 is 13.7 Å². The van der Waals surface area contributed by atoms with Crippen molar-refractivity contribution in [2.24, 2.45) is 0 Å². The lowest BCUT2D eigenvalue weighted by Crippen LogP contribution is -2.41. The molecule has 3 nitrogen and oxygen atoms in total. The third-order valence-corrected chi connectivity index (χ3v) is 8.96. The van der Waals surface area contributed by atoms with Gasteiger partial charge in [-0.05, 0) is 67.0 Å². The SMILES string of the molecule is CC1(C)c2ccccc2-c2c(-c3cccc4c3oc3cccc(B5OC(C)(C)C(C)(C)O5)c34)cccc21. The summed E-state index contributed by atoms with van der Waals surface area (Å²) in [6.45, 7) is 13.0. The van der Waals surface area contributed by atoms with Crippen molar-refractivity contribution in [1.29, 1.82) is 0 Å². The van der Waals surface area contributed by atoms with Crippen molar-refractivity contribution in [3.63, 3.8) is 0 Å².